The lowest BCUT2D eigenvalue weighted by Gasteiger charge is -2.23. The summed E-state index contributed by atoms with van der Waals surface area (Å²) in [7, 11) is 1.67. The van der Waals surface area contributed by atoms with Gasteiger partial charge < -0.3 is 15.2 Å². The summed E-state index contributed by atoms with van der Waals surface area (Å²) in [5, 5.41) is 0.753. The summed E-state index contributed by atoms with van der Waals surface area (Å²) in [6.45, 7) is 3.75. The van der Waals surface area contributed by atoms with Gasteiger partial charge in [-0.2, -0.15) is 0 Å². The normalized spacial score (nSPS) is 10.9. The zero-order valence-corrected chi connectivity index (χ0v) is 18.1. The standard InChI is InChI=1S/C25H29ClN2O2/c1-29-25-16-22(10-13-24(25)30-19-21-6-3-2-4-7-21)18-28(15-5-14-27)17-20-8-11-23(26)12-9-20/h2-4,6-13,16H,5,14-15,17-19,27H2,1H3. The van der Waals surface area contributed by atoms with Crippen LogP contribution in [-0.4, -0.2) is 25.1 Å². The van der Waals surface area contributed by atoms with Gasteiger partial charge in [-0.1, -0.05) is 60.1 Å². The number of nitrogens with zero attached hydrogens (tertiary/aromatic N) is 1. The number of methoxy groups -OCH3 is 1. The fraction of sp³-hybridized carbons (Fsp3) is 0.280. The zero-order chi connectivity index (χ0) is 21.2. The third-order valence-electron chi connectivity index (χ3n) is 4.87. The number of hydrogen-bond acceptors (Lipinski definition) is 4. The van der Waals surface area contributed by atoms with E-state index in [0.29, 0.717) is 13.2 Å². The minimum absolute atomic E-state index is 0.510. The molecule has 0 aromatic heterocycles. The molecule has 3 aromatic rings. The average Bonchev–Trinajstić information content (AvgIpc) is 2.78. The molecule has 0 spiro atoms. The molecular formula is C25H29ClN2O2. The smallest absolute Gasteiger partial charge is 0.161 e. The molecule has 0 atom stereocenters. The number of ether oxygens (including phenoxy) is 2. The van der Waals surface area contributed by atoms with Gasteiger partial charge in [0.15, 0.2) is 11.5 Å². The molecule has 0 saturated heterocycles. The van der Waals surface area contributed by atoms with Crippen LogP contribution in [0.1, 0.15) is 23.1 Å². The molecule has 0 fully saturated rings. The highest BCUT2D eigenvalue weighted by molar-refractivity contribution is 6.30. The van der Waals surface area contributed by atoms with Crippen molar-refractivity contribution >= 4 is 11.6 Å². The van der Waals surface area contributed by atoms with Crippen LogP contribution in [0, 0.1) is 0 Å². The largest absolute Gasteiger partial charge is 0.493 e. The topological polar surface area (TPSA) is 47.7 Å². The van der Waals surface area contributed by atoms with Crippen LogP contribution in [-0.2, 0) is 19.7 Å². The van der Waals surface area contributed by atoms with Gasteiger partial charge in [0, 0.05) is 24.7 Å². The molecule has 0 aliphatic rings. The van der Waals surface area contributed by atoms with E-state index in [1.807, 2.05) is 48.5 Å². The Kier molecular flexibility index (Phi) is 8.57. The van der Waals surface area contributed by atoms with Gasteiger partial charge in [-0.05, 0) is 53.9 Å². The maximum absolute atomic E-state index is 6.02. The van der Waals surface area contributed by atoms with E-state index in [1.54, 1.807) is 7.11 Å². The van der Waals surface area contributed by atoms with Gasteiger partial charge in [0.05, 0.1) is 7.11 Å². The summed E-state index contributed by atoms with van der Waals surface area (Å²) in [5.41, 5.74) is 9.27. The maximum atomic E-state index is 6.02. The summed E-state index contributed by atoms with van der Waals surface area (Å²) < 4.78 is 11.6. The molecule has 3 aromatic carbocycles. The Hall–Kier alpha value is -2.53. The molecule has 30 heavy (non-hydrogen) atoms. The lowest BCUT2D eigenvalue weighted by Crippen LogP contribution is -2.25. The molecule has 0 unspecified atom stereocenters. The van der Waals surface area contributed by atoms with E-state index in [2.05, 4.69) is 29.2 Å². The van der Waals surface area contributed by atoms with E-state index in [4.69, 9.17) is 26.8 Å². The van der Waals surface area contributed by atoms with E-state index in [9.17, 15) is 0 Å². The highest BCUT2D eigenvalue weighted by Gasteiger charge is 2.11. The minimum atomic E-state index is 0.510. The van der Waals surface area contributed by atoms with Crippen molar-refractivity contribution in [2.24, 2.45) is 5.73 Å². The van der Waals surface area contributed by atoms with Crippen molar-refractivity contribution in [3.63, 3.8) is 0 Å². The molecular weight excluding hydrogens is 396 g/mol. The summed E-state index contributed by atoms with van der Waals surface area (Å²) in [4.78, 5) is 2.38. The van der Waals surface area contributed by atoms with Crippen LogP contribution in [0.4, 0.5) is 0 Å². The molecule has 3 rings (SSSR count). The Morgan fingerprint density at radius 1 is 0.833 bits per heavy atom. The summed E-state index contributed by atoms with van der Waals surface area (Å²) in [5.74, 6) is 1.49. The number of benzene rings is 3. The van der Waals surface area contributed by atoms with Crippen LogP contribution in [0.15, 0.2) is 72.8 Å². The molecule has 0 aliphatic heterocycles. The van der Waals surface area contributed by atoms with Crippen LogP contribution in [0.2, 0.25) is 5.02 Å². The van der Waals surface area contributed by atoms with Gasteiger partial charge >= 0.3 is 0 Å². The van der Waals surface area contributed by atoms with E-state index in [0.717, 1.165) is 48.1 Å². The lowest BCUT2D eigenvalue weighted by molar-refractivity contribution is 0.253. The van der Waals surface area contributed by atoms with Gasteiger partial charge in [-0.25, -0.2) is 0 Å². The van der Waals surface area contributed by atoms with E-state index in [-0.39, 0.29) is 0 Å². The first-order valence-electron chi connectivity index (χ1n) is 10.2. The molecule has 5 heteroatoms. The van der Waals surface area contributed by atoms with Crippen molar-refractivity contribution in [2.45, 2.75) is 26.1 Å². The second kappa shape index (κ2) is 11.6. The molecule has 0 saturated carbocycles. The number of rotatable bonds is 11. The van der Waals surface area contributed by atoms with Crippen molar-refractivity contribution in [1.82, 2.24) is 4.90 Å². The maximum Gasteiger partial charge on any atom is 0.161 e. The average molecular weight is 425 g/mol. The molecule has 4 nitrogen and oxygen atoms in total. The van der Waals surface area contributed by atoms with Crippen molar-refractivity contribution < 1.29 is 9.47 Å². The van der Waals surface area contributed by atoms with Crippen LogP contribution in [0.3, 0.4) is 0 Å². The van der Waals surface area contributed by atoms with E-state index in [1.165, 1.54) is 11.1 Å². The third kappa shape index (κ3) is 6.77. The third-order valence-corrected chi connectivity index (χ3v) is 5.12. The Labute approximate surface area is 184 Å². The molecule has 158 valence electrons. The Bertz CT molecular complexity index is 901. The van der Waals surface area contributed by atoms with Crippen molar-refractivity contribution in [1.29, 1.82) is 0 Å². The highest BCUT2D eigenvalue weighted by Crippen LogP contribution is 2.29. The van der Waals surface area contributed by atoms with Gasteiger partial charge in [-0.3, -0.25) is 4.90 Å². The van der Waals surface area contributed by atoms with Crippen LogP contribution in [0.25, 0.3) is 0 Å². The summed E-state index contributed by atoms with van der Waals surface area (Å²) in [6, 6.07) is 24.3. The molecule has 2 N–H and O–H groups in total. The first-order chi connectivity index (χ1) is 14.7. The van der Waals surface area contributed by atoms with Gasteiger partial charge in [-0.15, -0.1) is 0 Å². The molecule has 0 amide bonds. The van der Waals surface area contributed by atoms with Crippen molar-refractivity contribution in [3.05, 3.63) is 94.5 Å². The summed E-state index contributed by atoms with van der Waals surface area (Å²) in [6.07, 6.45) is 0.947. The monoisotopic (exact) mass is 424 g/mol. The second-order valence-corrected chi connectivity index (χ2v) is 7.68. The Morgan fingerprint density at radius 2 is 1.53 bits per heavy atom. The van der Waals surface area contributed by atoms with Crippen LogP contribution < -0.4 is 15.2 Å². The van der Waals surface area contributed by atoms with Crippen LogP contribution >= 0.6 is 11.6 Å². The predicted octanol–water partition coefficient (Wildman–Crippen LogP) is 5.28. The minimum Gasteiger partial charge on any atom is -0.493 e. The van der Waals surface area contributed by atoms with E-state index >= 15 is 0 Å². The molecule has 0 bridgehead atoms. The Balaban J connectivity index is 1.68. The first-order valence-corrected chi connectivity index (χ1v) is 10.6. The quantitative estimate of drug-likeness (QED) is 0.455. The highest BCUT2D eigenvalue weighted by atomic mass is 35.5. The Morgan fingerprint density at radius 3 is 2.23 bits per heavy atom. The summed E-state index contributed by atoms with van der Waals surface area (Å²) >= 11 is 6.02. The predicted molar refractivity (Wildman–Crippen MR) is 123 cm³/mol. The fourth-order valence-corrected chi connectivity index (χ4v) is 3.43. The van der Waals surface area contributed by atoms with Gasteiger partial charge in [0.25, 0.3) is 0 Å². The fourth-order valence-electron chi connectivity index (χ4n) is 3.30. The first kappa shape index (κ1) is 22.2. The van der Waals surface area contributed by atoms with Crippen molar-refractivity contribution in [2.75, 3.05) is 20.2 Å². The molecule has 0 aliphatic carbocycles. The molecule has 0 radical (unpaired) electrons. The molecule has 0 heterocycles. The van der Waals surface area contributed by atoms with Crippen molar-refractivity contribution in [3.8, 4) is 11.5 Å². The number of hydrogen-bond donors (Lipinski definition) is 1. The number of nitrogens with two attached hydrogens (primary N) is 1. The van der Waals surface area contributed by atoms with Crippen LogP contribution in [0.5, 0.6) is 11.5 Å². The zero-order valence-electron chi connectivity index (χ0n) is 17.4. The lowest BCUT2D eigenvalue weighted by atomic mass is 10.1. The van der Waals surface area contributed by atoms with E-state index < -0.39 is 0 Å². The SMILES string of the molecule is COc1cc(CN(CCCN)Cc2ccc(Cl)cc2)ccc1OCc1ccccc1. The second-order valence-electron chi connectivity index (χ2n) is 7.24. The van der Waals surface area contributed by atoms with Gasteiger partial charge in [0.1, 0.15) is 6.61 Å². The number of halogens is 1. The van der Waals surface area contributed by atoms with Gasteiger partial charge in [0.2, 0.25) is 0 Å².